The van der Waals surface area contributed by atoms with Gasteiger partial charge in [-0.1, -0.05) is 11.6 Å². The number of nitrogens with one attached hydrogen (secondary N) is 1. The molecule has 0 bridgehead atoms. The molecule has 8 heteroatoms. The van der Waals surface area contributed by atoms with Gasteiger partial charge in [0.1, 0.15) is 5.82 Å². The molecule has 0 saturated heterocycles. The number of halogens is 2. The van der Waals surface area contributed by atoms with Crippen molar-refractivity contribution in [3.05, 3.63) is 46.2 Å². The molecule has 0 saturated carbocycles. The van der Waals surface area contributed by atoms with Crippen LogP contribution in [0.5, 0.6) is 0 Å². The molecule has 0 aromatic heterocycles. The Morgan fingerprint density at radius 2 is 2.15 bits per heavy atom. The van der Waals surface area contributed by atoms with Crippen LogP contribution >= 0.6 is 11.6 Å². The topological polar surface area (TPSA) is 95.9 Å². The van der Waals surface area contributed by atoms with Crippen molar-refractivity contribution in [1.82, 2.24) is 5.32 Å². The summed E-state index contributed by atoms with van der Waals surface area (Å²) in [6.45, 7) is 1.25. The molecule has 1 atom stereocenters. The minimum atomic E-state index is -1.80. The van der Waals surface area contributed by atoms with E-state index in [-0.39, 0.29) is 10.6 Å². The second-order valence-electron chi connectivity index (χ2n) is 4.20. The fraction of sp³-hybridized carbons (Fsp3) is 0.167. The van der Waals surface area contributed by atoms with E-state index in [9.17, 15) is 19.1 Å². The summed E-state index contributed by atoms with van der Waals surface area (Å²) in [7, 11) is 0. The van der Waals surface area contributed by atoms with Crippen molar-refractivity contribution in [2.24, 2.45) is 0 Å². The molecule has 0 fully saturated rings. The number of Topliss-reactive ketones (excluding diaryl/α,β-unsaturated/α-hetero) is 1. The number of aliphatic hydroxyl groups excluding tert-OH is 1. The van der Waals surface area contributed by atoms with Crippen LogP contribution in [0.4, 0.5) is 9.18 Å². The highest BCUT2D eigenvalue weighted by Gasteiger charge is 2.49. The van der Waals surface area contributed by atoms with Crippen LogP contribution in [0.15, 0.2) is 29.8 Å². The Kier molecular flexibility index (Phi) is 3.31. The van der Waals surface area contributed by atoms with Crippen LogP contribution in [0.1, 0.15) is 12.5 Å². The van der Waals surface area contributed by atoms with Gasteiger partial charge < -0.3 is 14.9 Å². The zero-order chi connectivity index (χ0) is 15.1. The summed E-state index contributed by atoms with van der Waals surface area (Å²) >= 11 is 5.90. The summed E-state index contributed by atoms with van der Waals surface area (Å²) in [5, 5.41) is 20.0. The Hall–Kier alpha value is -2.28. The normalized spacial score (nSPS) is 21.9. The molecule has 3 N–H and O–H groups in total. The molecule has 1 amide bonds. The first-order chi connectivity index (χ1) is 9.25. The van der Waals surface area contributed by atoms with Gasteiger partial charge in [-0.3, -0.25) is 10.1 Å². The van der Waals surface area contributed by atoms with Crippen molar-refractivity contribution in [3.8, 4) is 0 Å². The molecular weight excluding hydrogens is 293 g/mol. The third-order valence-electron chi connectivity index (χ3n) is 2.83. The molecule has 106 valence electrons. The number of carbonyl (C=O) groups excluding carboxylic acids is 1. The highest BCUT2D eigenvalue weighted by atomic mass is 35.5. The summed E-state index contributed by atoms with van der Waals surface area (Å²) in [5.41, 5.74) is -1.82. The fourth-order valence-corrected chi connectivity index (χ4v) is 2.15. The average Bonchev–Trinajstić information content (AvgIpc) is 2.57. The number of ether oxygens (including phenoxy) is 1. The Labute approximate surface area is 117 Å². The van der Waals surface area contributed by atoms with E-state index in [0.29, 0.717) is 0 Å². The van der Waals surface area contributed by atoms with Crippen LogP contribution in [0.2, 0.25) is 5.02 Å². The van der Waals surface area contributed by atoms with E-state index < -0.39 is 34.9 Å². The Balaban J connectivity index is 2.46. The summed E-state index contributed by atoms with van der Waals surface area (Å²) in [6, 6.07) is 3.31. The molecule has 1 aromatic rings. The van der Waals surface area contributed by atoms with E-state index in [1.54, 1.807) is 5.32 Å². The number of aliphatic hydroxyl groups is 1. The largest absolute Gasteiger partial charge is 0.501 e. The zero-order valence-electron chi connectivity index (χ0n) is 10.1. The van der Waals surface area contributed by atoms with Crippen LogP contribution in [-0.4, -0.2) is 22.1 Å². The van der Waals surface area contributed by atoms with Crippen LogP contribution in [0.3, 0.4) is 0 Å². The van der Waals surface area contributed by atoms with Gasteiger partial charge >= 0.3 is 6.09 Å². The number of ketones is 1. The third kappa shape index (κ3) is 2.16. The Morgan fingerprint density at radius 3 is 2.75 bits per heavy atom. The van der Waals surface area contributed by atoms with E-state index >= 15 is 0 Å². The number of carbonyl (C=O) groups is 2. The van der Waals surface area contributed by atoms with Gasteiger partial charge in [-0.15, -0.1) is 0 Å². The Morgan fingerprint density at radius 1 is 1.50 bits per heavy atom. The standard InChI is InChI=1S/C12H9ClFNO5/c1-12(6-4-5(14)2-3-7(6)13)9(17)8(16)10(20-12)15-11(18)19/h2-4,15-16H,1H3,(H,18,19). The van der Waals surface area contributed by atoms with Crippen LogP contribution < -0.4 is 5.32 Å². The highest BCUT2D eigenvalue weighted by molar-refractivity contribution is 6.32. The molecule has 1 unspecified atom stereocenters. The molecule has 1 aromatic carbocycles. The number of amides is 1. The van der Waals surface area contributed by atoms with Gasteiger partial charge in [0, 0.05) is 10.6 Å². The zero-order valence-corrected chi connectivity index (χ0v) is 10.9. The second-order valence-corrected chi connectivity index (χ2v) is 4.60. The van der Waals surface area contributed by atoms with Crippen LogP contribution in [0, 0.1) is 5.82 Å². The number of benzene rings is 1. The SMILES string of the molecule is CC1(c2cc(F)ccc2Cl)OC(NC(=O)O)=C(O)C1=O. The van der Waals surface area contributed by atoms with Crippen molar-refractivity contribution in [1.29, 1.82) is 0 Å². The number of hydrogen-bond donors (Lipinski definition) is 3. The predicted molar refractivity (Wildman–Crippen MR) is 65.7 cm³/mol. The average molecular weight is 302 g/mol. The van der Waals surface area contributed by atoms with Crippen molar-refractivity contribution in [2.45, 2.75) is 12.5 Å². The molecular formula is C12H9ClFNO5. The molecule has 6 nitrogen and oxygen atoms in total. The van der Waals surface area contributed by atoms with Crippen molar-refractivity contribution >= 4 is 23.5 Å². The van der Waals surface area contributed by atoms with Gasteiger partial charge in [0.25, 0.3) is 5.78 Å². The Bertz CT molecular complexity index is 645. The maximum absolute atomic E-state index is 13.3. The van der Waals surface area contributed by atoms with Crippen molar-refractivity contribution in [2.75, 3.05) is 0 Å². The molecule has 1 heterocycles. The van der Waals surface area contributed by atoms with Crippen LogP contribution in [0.25, 0.3) is 0 Å². The lowest BCUT2D eigenvalue weighted by molar-refractivity contribution is -0.131. The van der Waals surface area contributed by atoms with Gasteiger partial charge in [-0.2, -0.15) is 0 Å². The van der Waals surface area contributed by atoms with E-state index in [0.717, 1.165) is 12.1 Å². The molecule has 20 heavy (non-hydrogen) atoms. The van der Waals surface area contributed by atoms with E-state index in [1.807, 2.05) is 0 Å². The molecule has 1 aliphatic rings. The minimum absolute atomic E-state index is 0.0158. The minimum Gasteiger partial charge on any atom is -0.501 e. The van der Waals surface area contributed by atoms with Crippen LogP contribution in [-0.2, 0) is 15.1 Å². The first kappa shape index (κ1) is 14.1. The lowest BCUT2D eigenvalue weighted by Crippen LogP contribution is -2.32. The first-order valence-electron chi connectivity index (χ1n) is 5.38. The quantitative estimate of drug-likeness (QED) is 0.779. The van der Waals surface area contributed by atoms with E-state index in [2.05, 4.69) is 0 Å². The van der Waals surface area contributed by atoms with E-state index in [1.165, 1.54) is 13.0 Å². The first-order valence-corrected chi connectivity index (χ1v) is 5.76. The van der Waals surface area contributed by atoms with Gasteiger partial charge in [0.2, 0.25) is 17.2 Å². The summed E-state index contributed by atoms with van der Waals surface area (Å²) in [4.78, 5) is 22.6. The number of hydrogen-bond acceptors (Lipinski definition) is 4. The van der Waals surface area contributed by atoms with Gasteiger partial charge in [-0.25, -0.2) is 9.18 Å². The molecule has 0 radical (unpaired) electrons. The maximum atomic E-state index is 13.3. The number of carboxylic acid groups (broad SMARTS) is 1. The molecule has 0 aliphatic carbocycles. The summed E-state index contributed by atoms with van der Waals surface area (Å²) in [5.74, 6) is -3.09. The van der Waals surface area contributed by atoms with Gasteiger partial charge in [0.15, 0.2) is 0 Å². The molecule has 1 aliphatic heterocycles. The van der Waals surface area contributed by atoms with E-state index in [4.69, 9.17) is 21.4 Å². The van der Waals surface area contributed by atoms with Crippen molar-refractivity contribution < 1.29 is 28.9 Å². The lowest BCUT2D eigenvalue weighted by Gasteiger charge is -2.24. The predicted octanol–water partition coefficient (Wildman–Crippen LogP) is 2.29. The monoisotopic (exact) mass is 301 g/mol. The lowest BCUT2D eigenvalue weighted by atomic mass is 9.91. The highest BCUT2D eigenvalue weighted by Crippen LogP contribution is 2.40. The summed E-state index contributed by atoms with van der Waals surface area (Å²) in [6.07, 6.45) is -1.52. The smallest absolute Gasteiger partial charge is 0.411 e. The van der Waals surface area contributed by atoms with Gasteiger partial charge in [-0.05, 0) is 25.1 Å². The second kappa shape index (κ2) is 4.68. The number of rotatable bonds is 2. The van der Waals surface area contributed by atoms with Crippen molar-refractivity contribution in [3.63, 3.8) is 0 Å². The molecule has 0 spiro atoms. The molecule has 2 rings (SSSR count). The summed E-state index contributed by atoms with van der Waals surface area (Å²) < 4.78 is 18.4. The fourth-order valence-electron chi connectivity index (χ4n) is 1.85. The third-order valence-corrected chi connectivity index (χ3v) is 3.16. The maximum Gasteiger partial charge on any atom is 0.411 e. The van der Waals surface area contributed by atoms with Gasteiger partial charge in [0.05, 0.1) is 0 Å².